The van der Waals surface area contributed by atoms with E-state index >= 15 is 0 Å². The van der Waals surface area contributed by atoms with Gasteiger partial charge in [-0.05, 0) is 19.1 Å². The van der Waals surface area contributed by atoms with Crippen LogP contribution in [0.5, 0.6) is 0 Å². The smallest absolute Gasteiger partial charge is 0.251 e. The van der Waals surface area contributed by atoms with Crippen molar-refractivity contribution in [3.63, 3.8) is 0 Å². The van der Waals surface area contributed by atoms with Crippen LogP contribution in [0.2, 0.25) is 0 Å². The highest BCUT2D eigenvalue weighted by Gasteiger charge is 2.08. The average molecular weight is 174 g/mol. The summed E-state index contributed by atoms with van der Waals surface area (Å²) in [4.78, 5) is 9.36. The van der Waals surface area contributed by atoms with Gasteiger partial charge in [0.1, 0.15) is 0 Å². The fourth-order valence-corrected chi connectivity index (χ4v) is 1.09. The third-order valence-corrected chi connectivity index (χ3v) is 1.76. The Morgan fingerprint density at radius 3 is 2.62 bits per heavy atom. The van der Waals surface area contributed by atoms with Crippen LogP contribution in [-0.2, 0) is 4.84 Å². The molecular formula is C10H10N2O. The SMILES string of the molecule is CC1=NOC(c2ccccc2)=NC1. The van der Waals surface area contributed by atoms with Gasteiger partial charge in [0, 0.05) is 5.56 Å². The summed E-state index contributed by atoms with van der Waals surface area (Å²) in [6.07, 6.45) is 0. The Morgan fingerprint density at radius 2 is 2.00 bits per heavy atom. The van der Waals surface area contributed by atoms with E-state index in [4.69, 9.17) is 4.84 Å². The number of hydrogen-bond donors (Lipinski definition) is 0. The van der Waals surface area contributed by atoms with Crippen molar-refractivity contribution in [2.24, 2.45) is 10.1 Å². The highest BCUT2D eigenvalue weighted by Crippen LogP contribution is 2.06. The lowest BCUT2D eigenvalue weighted by atomic mass is 10.2. The lowest BCUT2D eigenvalue weighted by Crippen LogP contribution is -2.13. The molecule has 1 aromatic rings. The molecule has 1 aliphatic rings. The second-order valence-electron chi connectivity index (χ2n) is 2.91. The molecule has 0 fully saturated rings. The molecule has 3 nitrogen and oxygen atoms in total. The molecule has 1 aliphatic heterocycles. The molecule has 0 bridgehead atoms. The van der Waals surface area contributed by atoms with Gasteiger partial charge in [-0.2, -0.15) is 0 Å². The Morgan fingerprint density at radius 1 is 1.23 bits per heavy atom. The molecule has 0 unspecified atom stereocenters. The molecule has 0 saturated heterocycles. The standard InChI is InChI=1S/C10H10N2O/c1-8-7-11-10(13-12-8)9-5-3-2-4-6-9/h2-6H,7H2,1H3. The van der Waals surface area contributed by atoms with E-state index < -0.39 is 0 Å². The summed E-state index contributed by atoms with van der Waals surface area (Å²) in [5, 5.41) is 3.87. The first-order chi connectivity index (χ1) is 6.36. The lowest BCUT2D eigenvalue weighted by molar-refractivity contribution is 0.321. The predicted octanol–water partition coefficient (Wildman–Crippen LogP) is 1.84. The van der Waals surface area contributed by atoms with E-state index in [0.29, 0.717) is 12.4 Å². The highest BCUT2D eigenvalue weighted by atomic mass is 16.6. The third-order valence-electron chi connectivity index (χ3n) is 1.76. The van der Waals surface area contributed by atoms with E-state index in [1.54, 1.807) is 0 Å². The first-order valence-electron chi connectivity index (χ1n) is 4.16. The van der Waals surface area contributed by atoms with Crippen LogP contribution in [0.4, 0.5) is 0 Å². The summed E-state index contributed by atoms with van der Waals surface area (Å²) < 4.78 is 0. The van der Waals surface area contributed by atoms with E-state index in [9.17, 15) is 0 Å². The van der Waals surface area contributed by atoms with Gasteiger partial charge >= 0.3 is 0 Å². The van der Waals surface area contributed by atoms with Crippen molar-refractivity contribution >= 4 is 11.6 Å². The van der Waals surface area contributed by atoms with Crippen LogP contribution >= 0.6 is 0 Å². The number of rotatable bonds is 1. The predicted molar refractivity (Wildman–Crippen MR) is 52.0 cm³/mol. The van der Waals surface area contributed by atoms with Crippen LogP contribution in [0.15, 0.2) is 40.5 Å². The Kier molecular flexibility index (Phi) is 2.08. The number of oxime groups is 1. The van der Waals surface area contributed by atoms with Crippen LogP contribution in [0, 0.1) is 0 Å². The van der Waals surface area contributed by atoms with Gasteiger partial charge in [-0.15, -0.1) is 0 Å². The zero-order valence-corrected chi connectivity index (χ0v) is 7.40. The van der Waals surface area contributed by atoms with Crippen molar-refractivity contribution in [3.05, 3.63) is 35.9 Å². The summed E-state index contributed by atoms with van der Waals surface area (Å²) in [6.45, 7) is 2.52. The van der Waals surface area contributed by atoms with Gasteiger partial charge in [0.2, 0.25) is 0 Å². The largest absolute Gasteiger partial charge is 0.336 e. The van der Waals surface area contributed by atoms with Gasteiger partial charge in [-0.25, -0.2) is 4.99 Å². The molecule has 2 rings (SSSR count). The van der Waals surface area contributed by atoms with Gasteiger partial charge in [0.15, 0.2) is 0 Å². The maximum atomic E-state index is 5.11. The third kappa shape index (κ3) is 1.75. The van der Waals surface area contributed by atoms with Crippen molar-refractivity contribution in [2.45, 2.75) is 6.92 Å². The van der Waals surface area contributed by atoms with Crippen molar-refractivity contribution in [2.75, 3.05) is 6.54 Å². The Bertz CT molecular complexity index is 354. The Hall–Kier alpha value is -1.64. The van der Waals surface area contributed by atoms with Crippen LogP contribution < -0.4 is 0 Å². The number of benzene rings is 1. The minimum absolute atomic E-state index is 0.603. The second kappa shape index (κ2) is 3.39. The molecule has 1 aromatic carbocycles. The van der Waals surface area contributed by atoms with E-state index in [-0.39, 0.29) is 0 Å². The van der Waals surface area contributed by atoms with E-state index in [0.717, 1.165) is 11.3 Å². The highest BCUT2D eigenvalue weighted by molar-refractivity contribution is 5.98. The van der Waals surface area contributed by atoms with Crippen LogP contribution in [0.25, 0.3) is 0 Å². The molecule has 13 heavy (non-hydrogen) atoms. The molecule has 0 atom stereocenters. The van der Waals surface area contributed by atoms with Gasteiger partial charge in [-0.1, -0.05) is 23.4 Å². The van der Waals surface area contributed by atoms with Gasteiger partial charge in [-0.3, -0.25) is 0 Å². The second-order valence-corrected chi connectivity index (χ2v) is 2.91. The van der Waals surface area contributed by atoms with E-state index in [1.807, 2.05) is 37.3 Å². The maximum Gasteiger partial charge on any atom is 0.251 e. The van der Waals surface area contributed by atoms with Crippen molar-refractivity contribution < 1.29 is 4.84 Å². The fourth-order valence-electron chi connectivity index (χ4n) is 1.09. The molecular weight excluding hydrogens is 164 g/mol. The molecule has 0 saturated carbocycles. The van der Waals surface area contributed by atoms with Crippen LogP contribution in [-0.4, -0.2) is 18.2 Å². The maximum absolute atomic E-state index is 5.11. The molecule has 3 heteroatoms. The molecule has 0 radical (unpaired) electrons. The molecule has 0 amide bonds. The molecule has 66 valence electrons. The molecule has 0 aliphatic carbocycles. The zero-order valence-electron chi connectivity index (χ0n) is 7.40. The summed E-state index contributed by atoms with van der Waals surface area (Å²) in [5.74, 6) is 0.603. The molecule has 0 spiro atoms. The summed E-state index contributed by atoms with van der Waals surface area (Å²) >= 11 is 0. The summed E-state index contributed by atoms with van der Waals surface area (Å²) in [5.41, 5.74) is 1.87. The molecule has 0 aromatic heterocycles. The van der Waals surface area contributed by atoms with Crippen molar-refractivity contribution in [1.29, 1.82) is 0 Å². The lowest BCUT2D eigenvalue weighted by Gasteiger charge is -2.08. The van der Waals surface area contributed by atoms with Gasteiger partial charge in [0.05, 0.1) is 12.3 Å². The molecule has 1 heterocycles. The first kappa shape index (κ1) is 7.98. The fraction of sp³-hybridized carbons (Fsp3) is 0.200. The summed E-state index contributed by atoms with van der Waals surface area (Å²) in [7, 11) is 0. The van der Waals surface area contributed by atoms with Crippen LogP contribution in [0.3, 0.4) is 0 Å². The minimum Gasteiger partial charge on any atom is -0.336 e. The molecule has 0 N–H and O–H groups in total. The first-order valence-corrected chi connectivity index (χ1v) is 4.16. The van der Waals surface area contributed by atoms with Gasteiger partial charge < -0.3 is 4.84 Å². The average Bonchev–Trinajstić information content (AvgIpc) is 2.20. The number of nitrogens with zero attached hydrogens (tertiary/aromatic N) is 2. The topological polar surface area (TPSA) is 34.0 Å². The number of hydrogen-bond acceptors (Lipinski definition) is 3. The summed E-state index contributed by atoms with van der Waals surface area (Å²) in [6, 6.07) is 9.77. The van der Waals surface area contributed by atoms with E-state index in [1.165, 1.54) is 0 Å². The normalized spacial score (nSPS) is 15.8. The monoisotopic (exact) mass is 174 g/mol. The van der Waals surface area contributed by atoms with Crippen LogP contribution in [0.1, 0.15) is 12.5 Å². The minimum atomic E-state index is 0.603. The zero-order chi connectivity index (χ0) is 9.10. The van der Waals surface area contributed by atoms with Crippen molar-refractivity contribution in [3.8, 4) is 0 Å². The quantitative estimate of drug-likeness (QED) is 0.639. The van der Waals surface area contributed by atoms with Crippen molar-refractivity contribution in [1.82, 2.24) is 0 Å². The Balaban J connectivity index is 2.21. The number of aliphatic imine (C=N–C) groups is 1. The van der Waals surface area contributed by atoms with E-state index in [2.05, 4.69) is 10.1 Å². The Labute approximate surface area is 76.7 Å². The van der Waals surface area contributed by atoms with Gasteiger partial charge in [0.25, 0.3) is 5.90 Å².